The Hall–Kier alpha value is -2.99. The van der Waals surface area contributed by atoms with E-state index in [2.05, 4.69) is 10.3 Å². The number of nitrogens with zero attached hydrogens (tertiary/aromatic N) is 2. The van der Waals surface area contributed by atoms with E-state index in [1.807, 2.05) is 75.4 Å². The van der Waals surface area contributed by atoms with Gasteiger partial charge in [0.15, 0.2) is 0 Å². The van der Waals surface area contributed by atoms with Crippen LogP contribution < -0.4 is 10.2 Å². The van der Waals surface area contributed by atoms with Crippen LogP contribution in [-0.4, -0.2) is 22.8 Å². The van der Waals surface area contributed by atoms with Gasteiger partial charge in [-0.3, -0.25) is 14.5 Å². The molecule has 1 atom stereocenters. The predicted octanol–water partition coefficient (Wildman–Crippen LogP) is 5.91. The minimum Gasteiger partial charge on any atom is -0.351 e. The number of amides is 2. The van der Waals surface area contributed by atoms with Gasteiger partial charge < -0.3 is 5.32 Å². The van der Waals surface area contributed by atoms with Crippen molar-refractivity contribution in [3.05, 3.63) is 81.3 Å². The number of aryl methyl sites for hydroxylation is 3. The van der Waals surface area contributed by atoms with Gasteiger partial charge in [-0.25, -0.2) is 4.98 Å². The highest BCUT2D eigenvalue weighted by atomic mass is 32.1. The lowest BCUT2D eigenvalue weighted by molar-refractivity contribution is -0.123. The smallest absolute Gasteiger partial charge is 0.271 e. The van der Waals surface area contributed by atoms with Gasteiger partial charge in [-0.1, -0.05) is 67.8 Å². The van der Waals surface area contributed by atoms with Crippen molar-refractivity contribution in [1.82, 2.24) is 10.3 Å². The first kappa shape index (κ1) is 23.2. The van der Waals surface area contributed by atoms with Crippen LogP contribution in [0, 0.1) is 20.8 Å². The normalized spacial score (nSPS) is 15.1. The Morgan fingerprint density at radius 1 is 0.970 bits per heavy atom. The molecule has 2 aromatic carbocycles. The molecule has 33 heavy (non-hydrogen) atoms. The van der Waals surface area contributed by atoms with Crippen LogP contribution in [0.5, 0.6) is 0 Å². The van der Waals surface area contributed by atoms with Crippen molar-refractivity contribution >= 4 is 28.8 Å². The van der Waals surface area contributed by atoms with Gasteiger partial charge in [-0.2, -0.15) is 0 Å². The Bertz CT molecular complexity index is 1120. The van der Waals surface area contributed by atoms with Crippen LogP contribution in [0.1, 0.15) is 69.6 Å². The fourth-order valence-electron chi connectivity index (χ4n) is 4.62. The predicted molar refractivity (Wildman–Crippen MR) is 134 cm³/mol. The molecule has 0 spiro atoms. The van der Waals surface area contributed by atoms with E-state index in [-0.39, 0.29) is 17.9 Å². The van der Waals surface area contributed by atoms with Crippen molar-refractivity contribution in [1.29, 1.82) is 0 Å². The first-order valence-corrected chi connectivity index (χ1v) is 12.5. The highest BCUT2D eigenvalue weighted by Gasteiger charge is 2.36. The summed E-state index contributed by atoms with van der Waals surface area (Å²) in [6, 6.07) is 16.7. The van der Waals surface area contributed by atoms with Crippen LogP contribution in [0.25, 0.3) is 0 Å². The molecule has 6 heteroatoms. The highest BCUT2D eigenvalue weighted by Crippen LogP contribution is 2.34. The second-order valence-electron chi connectivity index (χ2n) is 8.77. The Morgan fingerprint density at radius 2 is 1.64 bits per heavy atom. The summed E-state index contributed by atoms with van der Waals surface area (Å²) >= 11 is 1.38. The van der Waals surface area contributed by atoms with E-state index in [1.54, 1.807) is 4.90 Å². The van der Waals surface area contributed by atoms with Crippen molar-refractivity contribution < 1.29 is 9.59 Å². The van der Waals surface area contributed by atoms with E-state index in [9.17, 15) is 9.59 Å². The average molecular weight is 462 g/mol. The molecule has 3 aromatic rings. The number of para-hydroxylation sites is 1. The molecule has 2 amide bonds. The van der Waals surface area contributed by atoms with E-state index in [0.29, 0.717) is 10.6 Å². The third kappa shape index (κ3) is 5.17. The quantitative estimate of drug-likeness (QED) is 0.497. The van der Waals surface area contributed by atoms with E-state index >= 15 is 0 Å². The first-order valence-electron chi connectivity index (χ1n) is 11.6. The van der Waals surface area contributed by atoms with Gasteiger partial charge in [0.1, 0.15) is 10.9 Å². The number of nitrogens with one attached hydrogen (secondary N) is 1. The first-order chi connectivity index (χ1) is 16.0. The van der Waals surface area contributed by atoms with E-state index in [0.717, 1.165) is 47.5 Å². The number of thiazole rings is 1. The summed E-state index contributed by atoms with van der Waals surface area (Å²) in [5, 5.41) is 4.10. The molecule has 1 aliphatic rings. The Labute approximate surface area is 199 Å². The molecule has 0 saturated heterocycles. The van der Waals surface area contributed by atoms with Gasteiger partial charge in [0, 0.05) is 11.7 Å². The zero-order valence-corrected chi connectivity index (χ0v) is 20.3. The molecule has 1 aliphatic carbocycles. The molecular formula is C27H31N3O2S. The largest absolute Gasteiger partial charge is 0.351 e. The van der Waals surface area contributed by atoms with Crippen molar-refractivity contribution in [2.75, 3.05) is 4.90 Å². The van der Waals surface area contributed by atoms with Gasteiger partial charge in [-0.05, 0) is 50.8 Å². The zero-order valence-electron chi connectivity index (χ0n) is 19.5. The standard InChI is InChI=1S/C27H31N3O2S/c1-18-12-10-11-17-23(18)30(27(32)25-19(2)28-20(3)33-25)24(21-13-6-4-7-14-21)26(31)29-22-15-8-5-9-16-22/h4,6-7,10-14,17,22,24H,5,8-9,15-16H2,1-3H3,(H,29,31)/t24-/m0/s1. The van der Waals surface area contributed by atoms with Gasteiger partial charge in [-0.15, -0.1) is 11.3 Å². The summed E-state index contributed by atoms with van der Waals surface area (Å²) in [6.45, 7) is 5.73. The Kier molecular flexibility index (Phi) is 7.23. The molecule has 172 valence electrons. The van der Waals surface area contributed by atoms with E-state index in [1.165, 1.54) is 17.8 Å². The monoisotopic (exact) mass is 461 g/mol. The van der Waals surface area contributed by atoms with Crippen molar-refractivity contribution in [3.63, 3.8) is 0 Å². The van der Waals surface area contributed by atoms with Crippen molar-refractivity contribution in [2.24, 2.45) is 0 Å². The molecule has 1 aromatic heterocycles. The van der Waals surface area contributed by atoms with E-state index < -0.39 is 6.04 Å². The number of benzene rings is 2. The fourth-order valence-corrected chi connectivity index (χ4v) is 5.48. The lowest BCUT2D eigenvalue weighted by Gasteiger charge is -2.34. The van der Waals surface area contributed by atoms with Crippen LogP contribution in [0.4, 0.5) is 5.69 Å². The minimum absolute atomic E-state index is 0.136. The summed E-state index contributed by atoms with van der Waals surface area (Å²) in [6.07, 6.45) is 5.44. The van der Waals surface area contributed by atoms with Crippen molar-refractivity contribution in [3.8, 4) is 0 Å². The summed E-state index contributed by atoms with van der Waals surface area (Å²) in [7, 11) is 0. The fraction of sp³-hybridized carbons (Fsp3) is 0.370. The number of hydrogen-bond acceptors (Lipinski definition) is 4. The third-order valence-electron chi connectivity index (χ3n) is 6.26. The van der Waals surface area contributed by atoms with Crippen LogP contribution in [0.3, 0.4) is 0 Å². The minimum atomic E-state index is -0.775. The van der Waals surface area contributed by atoms with Gasteiger partial charge in [0.25, 0.3) is 5.91 Å². The summed E-state index contributed by atoms with van der Waals surface area (Å²) in [5.41, 5.74) is 3.17. The number of hydrogen-bond donors (Lipinski definition) is 1. The number of rotatable bonds is 6. The number of aromatic nitrogens is 1. The molecule has 1 heterocycles. The number of anilines is 1. The Morgan fingerprint density at radius 3 is 2.27 bits per heavy atom. The third-order valence-corrected chi connectivity index (χ3v) is 7.33. The molecule has 4 rings (SSSR count). The SMILES string of the molecule is Cc1nc(C)c(C(=O)N(c2ccccc2C)[C@H](C(=O)NC2CCCCC2)c2ccccc2)s1. The molecular weight excluding hydrogens is 430 g/mol. The second-order valence-corrected chi connectivity index (χ2v) is 9.97. The molecule has 0 unspecified atom stereocenters. The number of carbonyl (C=O) groups excluding carboxylic acids is 2. The Balaban J connectivity index is 1.82. The molecule has 5 nitrogen and oxygen atoms in total. The summed E-state index contributed by atoms with van der Waals surface area (Å²) in [5.74, 6) is -0.330. The highest BCUT2D eigenvalue weighted by molar-refractivity contribution is 7.13. The lowest BCUT2D eigenvalue weighted by Crippen LogP contribution is -2.47. The maximum absolute atomic E-state index is 14.1. The molecule has 0 aliphatic heterocycles. The molecule has 0 bridgehead atoms. The second kappa shape index (κ2) is 10.3. The topological polar surface area (TPSA) is 62.3 Å². The number of carbonyl (C=O) groups is 2. The maximum Gasteiger partial charge on any atom is 0.271 e. The van der Waals surface area contributed by atoms with Gasteiger partial charge in [0.05, 0.1) is 10.7 Å². The van der Waals surface area contributed by atoms with Crippen LogP contribution >= 0.6 is 11.3 Å². The summed E-state index contributed by atoms with van der Waals surface area (Å²) in [4.78, 5) is 34.6. The van der Waals surface area contributed by atoms with Crippen LogP contribution in [0.2, 0.25) is 0 Å². The maximum atomic E-state index is 14.1. The molecule has 1 N–H and O–H groups in total. The molecule has 1 saturated carbocycles. The zero-order chi connectivity index (χ0) is 23.4. The van der Waals surface area contributed by atoms with Crippen molar-refractivity contribution in [2.45, 2.75) is 65.0 Å². The molecule has 1 fully saturated rings. The van der Waals surface area contributed by atoms with E-state index in [4.69, 9.17) is 0 Å². The van der Waals surface area contributed by atoms with Crippen LogP contribution in [-0.2, 0) is 4.79 Å². The van der Waals surface area contributed by atoms with Crippen LogP contribution in [0.15, 0.2) is 54.6 Å². The molecule has 0 radical (unpaired) electrons. The van der Waals surface area contributed by atoms with Gasteiger partial charge >= 0.3 is 0 Å². The average Bonchev–Trinajstić information content (AvgIpc) is 3.16. The lowest BCUT2D eigenvalue weighted by atomic mass is 9.94. The summed E-state index contributed by atoms with van der Waals surface area (Å²) < 4.78 is 0. The van der Waals surface area contributed by atoms with Gasteiger partial charge in [0.2, 0.25) is 5.91 Å².